The normalized spacial score (nSPS) is 14.0. The van der Waals surface area contributed by atoms with Crippen LogP contribution >= 0.6 is 0 Å². The lowest BCUT2D eigenvalue weighted by molar-refractivity contribution is 0.623. The number of nitrogens with two attached hydrogens (primary N) is 1. The standard InChI is InChI=1S/C9H22N4/c1-4-6-7-11-9(13-10)12-8(3)5-2/h8H,4-7,10H2,1-3H3,(H2,11,12,13). The summed E-state index contributed by atoms with van der Waals surface area (Å²) in [5.74, 6) is 6.01. The number of nitrogens with zero attached hydrogens (tertiary/aromatic N) is 1. The van der Waals surface area contributed by atoms with Crippen LogP contribution in [0.3, 0.4) is 0 Å². The van der Waals surface area contributed by atoms with Gasteiger partial charge < -0.3 is 5.32 Å². The van der Waals surface area contributed by atoms with Gasteiger partial charge in [-0.1, -0.05) is 20.3 Å². The van der Waals surface area contributed by atoms with Gasteiger partial charge in [0.1, 0.15) is 0 Å². The Hall–Kier alpha value is -0.770. The average molecular weight is 186 g/mol. The van der Waals surface area contributed by atoms with E-state index in [0.717, 1.165) is 25.8 Å². The largest absolute Gasteiger partial charge is 0.353 e. The van der Waals surface area contributed by atoms with Crippen molar-refractivity contribution in [2.45, 2.75) is 46.1 Å². The minimum Gasteiger partial charge on any atom is -0.353 e. The Labute approximate surface area is 81.0 Å². The van der Waals surface area contributed by atoms with Crippen LogP contribution in [0.2, 0.25) is 0 Å². The van der Waals surface area contributed by atoms with Gasteiger partial charge in [-0.25, -0.2) is 5.84 Å². The van der Waals surface area contributed by atoms with Crippen molar-refractivity contribution >= 4 is 5.96 Å². The summed E-state index contributed by atoms with van der Waals surface area (Å²) in [5, 5.41) is 3.19. The second kappa shape index (κ2) is 7.86. The molecule has 1 unspecified atom stereocenters. The van der Waals surface area contributed by atoms with Crippen molar-refractivity contribution in [2.24, 2.45) is 10.8 Å². The molecule has 0 aromatic carbocycles. The predicted molar refractivity (Wildman–Crippen MR) is 57.4 cm³/mol. The van der Waals surface area contributed by atoms with Gasteiger partial charge in [-0.05, 0) is 19.8 Å². The number of nitrogens with one attached hydrogen (secondary N) is 2. The quantitative estimate of drug-likeness (QED) is 0.197. The maximum Gasteiger partial charge on any atom is 0.205 e. The molecule has 0 fully saturated rings. The third-order valence-electron chi connectivity index (χ3n) is 1.91. The van der Waals surface area contributed by atoms with Crippen LogP contribution in [0.5, 0.6) is 0 Å². The van der Waals surface area contributed by atoms with E-state index in [-0.39, 0.29) is 0 Å². The fraction of sp³-hybridized carbons (Fsp3) is 0.889. The Morgan fingerprint density at radius 2 is 2.15 bits per heavy atom. The highest BCUT2D eigenvalue weighted by atomic mass is 15.3. The van der Waals surface area contributed by atoms with Crippen LogP contribution in [-0.4, -0.2) is 18.5 Å². The number of aliphatic imine (C=N–C) groups is 1. The third-order valence-corrected chi connectivity index (χ3v) is 1.91. The zero-order valence-electron chi connectivity index (χ0n) is 8.93. The predicted octanol–water partition coefficient (Wildman–Crippen LogP) is 0.994. The molecule has 0 rings (SSSR count). The first-order valence-electron chi connectivity index (χ1n) is 5.02. The van der Waals surface area contributed by atoms with Crippen LogP contribution in [-0.2, 0) is 0 Å². The highest BCUT2D eigenvalue weighted by Crippen LogP contribution is 1.89. The molecular weight excluding hydrogens is 164 g/mol. The topological polar surface area (TPSA) is 62.4 Å². The van der Waals surface area contributed by atoms with E-state index in [1.807, 2.05) is 0 Å². The second-order valence-corrected chi connectivity index (χ2v) is 3.18. The summed E-state index contributed by atoms with van der Waals surface area (Å²) >= 11 is 0. The lowest BCUT2D eigenvalue weighted by atomic mass is 10.3. The molecule has 4 heteroatoms. The Kier molecular flexibility index (Phi) is 7.39. The minimum atomic E-state index is 0.413. The molecule has 0 radical (unpaired) electrons. The Balaban J connectivity index is 3.79. The summed E-state index contributed by atoms with van der Waals surface area (Å²) in [4.78, 5) is 4.29. The van der Waals surface area contributed by atoms with Crippen LogP contribution in [0.4, 0.5) is 0 Å². The zero-order valence-corrected chi connectivity index (χ0v) is 8.93. The van der Waals surface area contributed by atoms with Gasteiger partial charge in [-0.2, -0.15) is 0 Å². The van der Waals surface area contributed by atoms with E-state index in [2.05, 4.69) is 36.5 Å². The molecule has 13 heavy (non-hydrogen) atoms. The number of rotatable bonds is 5. The van der Waals surface area contributed by atoms with E-state index >= 15 is 0 Å². The maximum atomic E-state index is 5.31. The van der Waals surface area contributed by atoms with E-state index in [4.69, 9.17) is 5.84 Å². The molecule has 0 saturated heterocycles. The van der Waals surface area contributed by atoms with E-state index in [0.29, 0.717) is 12.0 Å². The Morgan fingerprint density at radius 1 is 1.46 bits per heavy atom. The van der Waals surface area contributed by atoms with Gasteiger partial charge in [0, 0.05) is 12.6 Å². The summed E-state index contributed by atoms with van der Waals surface area (Å²) in [7, 11) is 0. The summed E-state index contributed by atoms with van der Waals surface area (Å²) < 4.78 is 0. The van der Waals surface area contributed by atoms with E-state index in [1.165, 1.54) is 0 Å². The number of guanidine groups is 1. The number of hydrazine groups is 1. The summed E-state index contributed by atoms with van der Waals surface area (Å²) in [5.41, 5.74) is 2.57. The third kappa shape index (κ3) is 6.40. The van der Waals surface area contributed by atoms with Gasteiger partial charge in [-0.3, -0.25) is 10.4 Å². The lowest BCUT2D eigenvalue weighted by Gasteiger charge is -2.14. The zero-order chi connectivity index (χ0) is 10.1. The fourth-order valence-corrected chi connectivity index (χ4v) is 0.817. The van der Waals surface area contributed by atoms with Gasteiger partial charge >= 0.3 is 0 Å². The molecule has 0 aliphatic rings. The first-order valence-corrected chi connectivity index (χ1v) is 5.02. The van der Waals surface area contributed by atoms with Gasteiger partial charge in [0.15, 0.2) is 0 Å². The molecule has 0 aromatic heterocycles. The highest BCUT2D eigenvalue weighted by molar-refractivity contribution is 5.79. The first-order chi connectivity index (χ1) is 6.24. The molecule has 0 saturated carbocycles. The molecule has 78 valence electrons. The molecule has 0 aromatic rings. The van der Waals surface area contributed by atoms with Gasteiger partial charge in [-0.15, -0.1) is 0 Å². The molecule has 0 spiro atoms. The molecule has 4 nitrogen and oxygen atoms in total. The SMILES string of the molecule is CCCCN=C(NN)NC(C)CC. The van der Waals surface area contributed by atoms with Crippen molar-refractivity contribution in [3.8, 4) is 0 Å². The summed E-state index contributed by atoms with van der Waals surface area (Å²) in [6.45, 7) is 7.21. The molecule has 0 aliphatic carbocycles. The smallest absolute Gasteiger partial charge is 0.205 e. The molecular formula is C9H22N4. The van der Waals surface area contributed by atoms with Crippen molar-refractivity contribution < 1.29 is 0 Å². The number of hydrogen-bond donors (Lipinski definition) is 3. The molecule has 0 heterocycles. The molecule has 0 bridgehead atoms. The van der Waals surface area contributed by atoms with Crippen LogP contribution in [0, 0.1) is 0 Å². The molecule has 4 N–H and O–H groups in total. The lowest BCUT2D eigenvalue weighted by Crippen LogP contribution is -2.45. The fourth-order valence-electron chi connectivity index (χ4n) is 0.817. The molecule has 1 atom stereocenters. The van der Waals surface area contributed by atoms with Crippen molar-refractivity contribution in [1.82, 2.24) is 10.7 Å². The van der Waals surface area contributed by atoms with Gasteiger partial charge in [0.2, 0.25) is 5.96 Å². The van der Waals surface area contributed by atoms with Gasteiger partial charge in [0.05, 0.1) is 0 Å². The van der Waals surface area contributed by atoms with Crippen molar-refractivity contribution in [3.05, 3.63) is 0 Å². The van der Waals surface area contributed by atoms with Crippen LogP contribution in [0.1, 0.15) is 40.0 Å². The molecule has 0 aliphatic heterocycles. The Bertz CT molecular complexity index is 145. The summed E-state index contributed by atoms with van der Waals surface area (Å²) in [6.07, 6.45) is 3.33. The first kappa shape index (κ1) is 12.2. The summed E-state index contributed by atoms with van der Waals surface area (Å²) in [6, 6.07) is 0.413. The highest BCUT2D eigenvalue weighted by Gasteiger charge is 2.00. The maximum absolute atomic E-state index is 5.31. The molecule has 0 amide bonds. The van der Waals surface area contributed by atoms with E-state index in [9.17, 15) is 0 Å². The minimum absolute atomic E-state index is 0.413. The van der Waals surface area contributed by atoms with E-state index < -0.39 is 0 Å². The van der Waals surface area contributed by atoms with Crippen molar-refractivity contribution in [1.29, 1.82) is 0 Å². The van der Waals surface area contributed by atoms with Crippen molar-refractivity contribution in [3.63, 3.8) is 0 Å². The second-order valence-electron chi connectivity index (χ2n) is 3.18. The van der Waals surface area contributed by atoms with Crippen LogP contribution in [0.15, 0.2) is 4.99 Å². The van der Waals surface area contributed by atoms with Gasteiger partial charge in [0.25, 0.3) is 0 Å². The van der Waals surface area contributed by atoms with Crippen molar-refractivity contribution in [2.75, 3.05) is 6.54 Å². The van der Waals surface area contributed by atoms with Crippen LogP contribution in [0.25, 0.3) is 0 Å². The number of unbranched alkanes of at least 4 members (excludes halogenated alkanes) is 1. The Morgan fingerprint density at radius 3 is 2.62 bits per heavy atom. The van der Waals surface area contributed by atoms with E-state index in [1.54, 1.807) is 0 Å². The van der Waals surface area contributed by atoms with Crippen LogP contribution < -0.4 is 16.6 Å². The monoisotopic (exact) mass is 186 g/mol. The average Bonchev–Trinajstić information content (AvgIpc) is 2.16. The number of hydrogen-bond acceptors (Lipinski definition) is 2.